The van der Waals surface area contributed by atoms with Crippen LogP contribution in [0.5, 0.6) is 0 Å². The van der Waals surface area contributed by atoms with Crippen LogP contribution in [0.2, 0.25) is 0 Å². The Bertz CT molecular complexity index is 1000. The van der Waals surface area contributed by atoms with Gasteiger partial charge in [0.2, 0.25) is 0 Å². The average molecular weight is 382 g/mol. The molecule has 1 spiro atoms. The van der Waals surface area contributed by atoms with Crippen molar-refractivity contribution < 1.29 is 0 Å². The molecule has 1 unspecified atom stereocenters. The van der Waals surface area contributed by atoms with Crippen molar-refractivity contribution in [3.8, 4) is 0 Å². The summed E-state index contributed by atoms with van der Waals surface area (Å²) in [5.74, 6) is 0. The van der Waals surface area contributed by atoms with Crippen LogP contribution in [0.4, 0.5) is 0 Å². The Hall–Kier alpha value is -2.38. The van der Waals surface area contributed by atoms with Gasteiger partial charge in [0, 0.05) is 11.5 Å². The minimum Gasteiger partial charge on any atom is -0.321 e. The first kappa shape index (κ1) is 18.6. The fourth-order valence-corrected chi connectivity index (χ4v) is 5.86. The van der Waals surface area contributed by atoms with Crippen LogP contribution >= 0.6 is 0 Å². The van der Waals surface area contributed by atoms with E-state index in [-0.39, 0.29) is 6.04 Å². The maximum absolute atomic E-state index is 6.48. The lowest BCUT2D eigenvalue weighted by atomic mass is 9.65. The van der Waals surface area contributed by atoms with Gasteiger partial charge in [0.25, 0.3) is 0 Å². The number of fused-ring (bicyclic) bond motifs is 4. The minimum absolute atomic E-state index is 0.0673. The molecule has 3 aliphatic rings. The molecule has 1 fully saturated rings. The lowest BCUT2D eigenvalue weighted by Gasteiger charge is -2.38. The number of nitrogens with two attached hydrogens (primary N) is 1. The van der Waals surface area contributed by atoms with Gasteiger partial charge in [-0.25, -0.2) is 0 Å². The van der Waals surface area contributed by atoms with Crippen LogP contribution < -0.4 is 5.73 Å². The summed E-state index contributed by atoms with van der Waals surface area (Å²) < 4.78 is 0. The number of rotatable bonds is 3. The molecule has 0 amide bonds. The molecular weight excluding hydrogens is 350 g/mol. The predicted octanol–water partition coefficient (Wildman–Crippen LogP) is 7.11. The fourth-order valence-electron chi connectivity index (χ4n) is 5.86. The van der Waals surface area contributed by atoms with Crippen molar-refractivity contribution in [3.63, 3.8) is 0 Å². The Kier molecular flexibility index (Phi) is 4.80. The van der Waals surface area contributed by atoms with E-state index in [4.69, 9.17) is 5.73 Å². The van der Waals surface area contributed by atoms with Gasteiger partial charge in [-0.2, -0.15) is 0 Å². The highest BCUT2D eigenvalue weighted by molar-refractivity contribution is 5.88. The number of hydrogen-bond acceptors (Lipinski definition) is 1. The van der Waals surface area contributed by atoms with Crippen LogP contribution in [0.3, 0.4) is 0 Å². The summed E-state index contributed by atoms with van der Waals surface area (Å²) in [4.78, 5) is 0. The van der Waals surface area contributed by atoms with E-state index < -0.39 is 0 Å². The molecule has 0 heterocycles. The van der Waals surface area contributed by atoms with E-state index in [2.05, 4.69) is 67.6 Å². The second kappa shape index (κ2) is 7.46. The molecule has 5 rings (SSSR count). The lowest BCUT2D eigenvalue weighted by Crippen LogP contribution is -2.29. The molecule has 3 aliphatic carbocycles. The Morgan fingerprint density at radius 3 is 2.62 bits per heavy atom. The van der Waals surface area contributed by atoms with E-state index in [1.807, 2.05) is 6.07 Å². The molecule has 2 aromatic rings. The van der Waals surface area contributed by atoms with Crippen LogP contribution in [-0.4, -0.2) is 0 Å². The van der Waals surface area contributed by atoms with Gasteiger partial charge in [-0.15, -0.1) is 0 Å². The molecule has 0 bridgehead atoms. The average Bonchev–Trinajstić information content (AvgIpc) is 3.04. The molecular formula is C28H31N. The number of allylic oxidation sites excluding steroid dienone is 5. The van der Waals surface area contributed by atoms with Gasteiger partial charge in [-0.3, -0.25) is 0 Å². The molecule has 0 aliphatic heterocycles. The molecule has 2 N–H and O–H groups in total. The molecule has 148 valence electrons. The van der Waals surface area contributed by atoms with Crippen molar-refractivity contribution in [1.29, 1.82) is 0 Å². The van der Waals surface area contributed by atoms with Gasteiger partial charge in [0.15, 0.2) is 0 Å². The van der Waals surface area contributed by atoms with E-state index in [1.54, 1.807) is 11.1 Å². The second-order valence-electron chi connectivity index (χ2n) is 9.02. The van der Waals surface area contributed by atoms with Crippen molar-refractivity contribution in [3.05, 3.63) is 94.6 Å². The molecule has 1 heteroatoms. The first-order valence-electron chi connectivity index (χ1n) is 11.2. The highest BCUT2D eigenvalue weighted by atomic mass is 14.6. The summed E-state index contributed by atoms with van der Waals surface area (Å²) >= 11 is 0. The van der Waals surface area contributed by atoms with Crippen molar-refractivity contribution in [1.82, 2.24) is 0 Å². The maximum Gasteiger partial charge on any atom is 0.0486 e. The van der Waals surface area contributed by atoms with Crippen LogP contribution in [0.1, 0.15) is 80.2 Å². The first-order chi connectivity index (χ1) is 14.2. The summed E-state index contributed by atoms with van der Waals surface area (Å²) in [6, 6.07) is 17.5. The van der Waals surface area contributed by atoms with Gasteiger partial charge in [0.05, 0.1) is 0 Å². The Morgan fingerprint density at radius 1 is 1.03 bits per heavy atom. The van der Waals surface area contributed by atoms with Gasteiger partial charge >= 0.3 is 0 Å². The molecule has 0 aromatic heterocycles. The monoisotopic (exact) mass is 381 g/mol. The number of benzene rings is 2. The molecule has 2 aromatic carbocycles. The van der Waals surface area contributed by atoms with Crippen molar-refractivity contribution in [2.45, 2.75) is 63.3 Å². The third-order valence-corrected chi connectivity index (χ3v) is 7.35. The summed E-state index contributed by atoms with van der Waals surface area (Å²) in [6.07, 6.45) is 16.2. The van der Waals surface area contributed by atoms with Crippen molar-refractivity contribution >= 4 is 11.1 Å². The van der Waals surface area contributed by atoms with Crippen LogP contribution in [0.15, 0.2) is 72.3 Å². The highest BCUT2D eigenvalue weighted by Gasteiger charge is 2.44. The molecule has 1 atom stereocenters. The van der Waals surface area contributed by atoms with E-state index in [0.29, 0.717) is 5.41 Å². The normalized spacial score (nSPS) is 21.2. The van der Waals surface area contributed by atoms with Crippen molar-refractivity contribution in [2.75, 3.05) is 0 Å². The topological polar surface area (TPSA) is 26.0 Å². The molecule has 0 radical (unpaired) electrons. The Balaban J connectivity index is 1.54. The molecule has 1 nitrogen and oxygen atoms in total. The van der Waals surface area contributed by atoms with E-state index in [0.717, 1.165) is 0 Å². The quantitative estimate of drug-likeness (QED) is 0.602. The third-order valence-electron chi connectivity index (χ3n) is 7.35. The SMILES string of the molecule is C/C(=C\C(N)c1ccccc1)c1ccc2c(c1)C1(CCCCC1)C1=C2C=CCC1. The largest absolute Gasteiger partial charge is 0.321 e. The lowest BCUT2D eigenvalue weighted by molar-refractivity contribution is 0.338. The molecule has 0 saturated heterocycles. The zero-order valence-electron chi connectivity index (χ0n) is 17.5. The van der Waals surface area contributed by atoms with Gasteiger partial charge in [-0.1, -0.05) is 85.5 Å². The van der Waals surface area contributed by atoms with Crippen LogP contribution in [0, 0.1) is 0 Å². The van der Waals surface area contributed by atoms with Crippen molar-refractivity contribution in [2.24, 2.45) is 5.73 Å². The Labute approximate surface area is 175 Å². The summed E-state index contributed by atoms with van der Waals surface area (Å²) in [5, 5.41) is 0. The Morgan fingerprint density at radius 2 is 1.83 bits per heavy atom. The minimum atomic E-state index is -0.0673. The predicted molar refractivity (Wildman–Crippen MR) is 124 cm³/mol. The highest BCUT2D eigenvalue weighted by Crippen LogP contribution is 2.57. The van der Waals surface area contributed by atoms with Gasteiger partial charge in [-0.05, 0) is 72.1 Å². The zero-order chi connectivity index (χ0) is 19.8. The summed E-state index contributed by atoms with van der Waals surface area (Å²) in [7, 11) is 0. The maximum atomic E-state index is 6.48. The fraction of sp³-hybridized carbons (Fsp3) is 0.357. The smallest absolute Gasteiger partial charge is 0.0486 e. The molecule has 29 heavy (non-hydrogen) atoms. The zero-order valence-corrected chi connectivity index (χ0v) is 17.5. The molecule has 1 saturated carbocycles. The summed E-state index contributed by atoms with van der Waals surface area (Å²) in [6.45, 7) is 2.21. The van der Waals surface area contributed by atoms with Crippen LogP contribution in [0.25, 0.3) is 11.1 Å². The van der Waals surface area contributed by atoms with E-state index in [9.17, 15) is 0 Å². The van der Waals surface area contributed by atoms with E-state index >= 15 is 0 Å². The van der Waals surface area contributed by atoms with Gasteiger partial charge in [0.1, 0.15) is 0 Å². The standard InChI is InChI=1S/C28H31N/c1-20(18-27(29)21-10-4-2-5-11-21)22-14-15-24-23-12-6-7-13-25(23)28(26(24)19-22)16-8-3-9-17-28/h2,4-6,10-12,14-15,18-19,27H,3,7-9,13,16-17,29H2,1H3/b20-18+. The van der Waals surface area contributed by atoms with Gasteiger partial charge < -0.3 is 5.73 Å². The summed E-state index contributed by atoms with van der Waals surface area (Å²) in [5.41, 5.74) is 16.9. The number of hydrogen-bond donors (Lipinski definition) is 1. The van der Waals surface area contributed by atoms with Crippen LogP contribution in [-0.2, 0) is 5.41 Å². The second-order valence-corrected chi connectivity index (χ2v) is 9.02. The first-order valence-corrected chi connectivity index (χ1v) is 11.2. The van der Waals surface area contributed by atoms with E-state index in [1.165, 1.54) is 72.8 Å². The third kappa shape index (κ3) is 3.13.